The third kappa shape index (κ3) is 2.21. The Hall–Kier alpha value is -0.650. The Bertz CT molecular complexity index is 261. The molecule has 1 aliphatic heterocycles. The summed E-state index contributed by atoms with van der Waals surface area (Å²) in [6.07, 6.45) is 0.936. The summed E-state index contributed by atoms with van der Waals surface area (Å²) in [5.74, 6) is -0.999. The SMILES string of the molecule is COCC(C)(C(=O)O)C1(O)CCN(C)CC1. The van der Waals surface area contributed by atoms with Crippen LogP contribution in [0.2, 0.25) is 0 Å². The van der Waals surface area contributed by atoms with Crippen molar-refractivity contribution in [2.75, 3.05) is 33.9 Å². The van der Waals surface area contributed by atoms with Crippen LogP contribution < -0.4 is 0 Å². The molecule has 1 unspecified atom stereocenters. The molecule has 5 nitrogen and oxygen atoms in total. The Morgan fingerprint density at radius 1 is 1.50 bits per heavy atom. The van der Waals surface area contributed by atoms with Gasteiger partial charge in [-0.2, -0.15) is 0 Å². The first-order valence-corrected chi connectivity index (χ1v) is 5.49. The summed E-state index contributed by atoms with van der Waals surface area (Å²) in [6.45, 7) is 3.01. The minimum atomic E-state index is -1.23. The average Bonchev–Trinajstić information content (AvgIpc) is 2.22. The summed E-state index contributed by atoms with van der Waals surface area (Å²) < 4.78 is 4.96. The number of piperidine rings is 1. The third-order valence-corrected chi connectivity index (χ3v) is 3.75. The van der Waals surface area contributed by atoms with Gasteiger partial charge in [0.25, 0.3) is 0 Å². The summed E-state index contributed by atoms with van der Waals surface area (Å²) in [6, 6.07) is 0. The van der Waals surface area contributed by atoms with Gasteiger partial charge in [-0.3, -0.25) is 4.79 Å². The van der Waals surface area contributed by atoms with E-state index < -0.39 is 17.0 Å². The molecule has 0 aliphatic carbocycles. The van der Waals surface area contributed by atoms with Gasteiger partial charge in [-0.25, -0.2) is 0 Å². The minimum absolute atomic E-state index is 0.0303. The molecule has 0 bridgehead atoms. The van der Waals surface area contributed by atoms with Crippen LogP contribution in [-0.4, -0.2) is 60.5 Å². The second kappa shape index (κ2) is 4.69. The zero-order valence-corrected chi connectivity index (χ0v) is 10.2. The fourth-order valence-electron chi connectivity index (χ4n) is 2.22. The molecule has 1 aliphatic rings. The van der Waals surface area contributed by atoms with Gasteiger partial charge in [-0.1, -0.05) is 0 Å². The van der Waals surface area contributed by atoms with Crippen molar-refractivity contribution in [3.05, 3.63) is 0 Å². The second-order valence-electron chi connectivity index (χ2n) is 4.91. The van der Waals surface area contributed by atoms with E-state index in [0.717, 1.165) is 0 Å². The van der Waals surface area contributed by atoms with Gasteiger partial charge in [-0.15, -0.1) is 0 Å². The van der Waals surface area contributed by atoms with Gasteiger partial charge in [0, 0.05) is 20.2 Å². The monoisotopic (exact) mass is 231 g/mol. The molecule has 0 aromatic rings. The summed E-state index contributed by atoms with van der Waals surface area (Å²) in [4.78, 5) is 13.4. The number of rotatable bonds is 4. The van der Waals surface area contributed by atoms with Gasteiger partial charge >= 0.3 is 5.97 Å². The van der Waals surface area contributed by atoms with Crippen LogP contribution in [0.1, 0.15) is 19.8 Å². The van der Waals surface area contributed by atoms with Crippen molar-refractivity contribution in [1.82, 2.24) is 4.90 Å². The maximum atomic E-state index is 11.3. The van der Waals surface area contributed by atoms with Gasteiger partial charge in [0.05, 0.1) is 12.2 Å². The van der Waals surface area contributed by atoms with Crippen LogP contribution >= 0.6 is 0 Å². The topological polar surface area (TPSA) is 70.0 Å². The van der Waals surface area contributed by atoms with Crippen LogP contribution in [0.3, 0.4) is 0 Å². The smallest absolute Gasteiger partial charge is 0.314 e. The molecule has 1 heterocycles. The molecule has 94 valence electrons. The zero-order valence-electron chi connectivity index (χ0n) is 10.2. The Morgan fingerprint density at radius 3 is 2.38 bits per heavy atom. The number of methoxy groups -OCH3 is 1. The molecule has 0 amide bonds. The third-order valence-electron chi connectivity index (χ3n) is 3.75. The van der Waals surface area contributed by atoms with Gasteiger partial charge in [0.1, 0.15) is 5.41 Å². The van der Waals surface area contributed by atoms with Crippen LogP contribution in [0.5, 0.6) is 0 Å². The number of likely N-dealkylation sites (tertiary alicyclic amines) is 1. The van der Waals surface area contributed by atoms with Crippen LogP contribution in [0.25, 0.3) is 0 Å². The zero-order chi connectivity index (χ0) is 12.4. The lowest BCUT2D eigenvalue weighted by atomic mass is 9.68. The van der Waals surface area contributed by atoms with E-state index in [1.165, 1.54) is 7.11 Å². The highest BCUT2D eigenvalue weighted by molar-refractivity contribution is 5.76. The second-order valence-corrected chi connectivity index (χ2v) is 4.91. The number of carboxylic acid groups (broad SMARTS) is 1. The van der Waals surface area contributed by atoms with Crippen LogP contribution in [0.4, 0.5) is 0 Å². The van der Waals surface area contributed by atoms with E-state index in [0.29, 0.717) is 25.9 Å². The molecule has 5 heteroatoms. The van der Waals surface area contributed by atoms with E-state index in [4.69, 9.17) is 4.74 Å². The number of nitrogens with zero attached hydrogens (tertiary/aromatic N) is 1. The van der Waals surface area contributed by atoms with E-state index in [2.05, 4.69) is 4.90 Å². The van der Waals surface area contributed by atoms with Crippen LogP contribution in [0, 0.1) is 5.41 Å². The number of aliphatic carboxylic acids is 1. The van der Waals surface area contributed by atoms with E-state index in [1.54, 1.807) is 6.92 Å². The average molecular weight is 231 g/mol. The van der Waals surface area contributed by atoms with E-state index >= 15 is 0 Å². The lowest BCUT2D eigenvalue weighted by Gasteiger charge is -2.46. The van der Waals surface area contributed by atoms with E-state index in [9.17, 15) is 15.0 Å². The van der Waals surface area contributed by atoms with Crippen molar-refractivity contribution >= 4 is 5.97 Å². The lowest BCUT2D eigenvalue weighted by molar-refractivity contribution is -0.182. The predicted molar refractivity (Wildman–Crippen MR) is 59.3 cm³/mol. The highest BCUT2D eigenvalue weighted by Gasteiger charge is 2.53. The van der Waals surface area contributed by atoms with Gasteiger partial charge in [-0.05, 0) is 26.8 Å². The number of hydrogen-bond acceptors (Lipinski definition) is 4. The maximum Gasteiger partial charge on any atom is 0.314 e. The van der Waals surface area contributed by atoms with Crippen molar-refractivity contribution in [3.63, 3.8) is 0 Å². The lowest BCUT2D eigenvalue weighted by Crippen LogP contribution is -2.58. The molecular weight excluding hydrogens is 210 g/mol. The molecule has 2 N–H and O–H groups in total. The molecule has 0 spiro atoms. The van der Waals surface area contributed by atoms with Crippen molar-refractivity contribution < 1.29 is 19.7 Å². The fourth-order valence-corrected chi connectivity index (χ4v) is 2.22. The molecule has 1 saturated heterocycles. The quantitative estimate of drug-likeness (QED) is 0.722. The standard InChI is InChI=1S/C11H21NO4/c1-10(8-16-3,9(13)14)11(15)4-6-12(2)7-5-11/h15H,4-8H2,1-3H3,(H,13,14). The van der Waals surface area contributed by atoms with Crippen molar-refractivity contribution in [3.8, 4) is 0 Å². The molecule has 1 atom stereocenters. The Balaban J connectivity index is 2.89. The number of carbonyl (C=O) groups is 1. The summed E-state index contributed by atoms with van der Waals surface area (Å²) >= 11 is 0. The molecule has 0 aromatic heterocycles. The Kier molecular flexibility index (Phi) is 3.93. The van der Waals surface area contributed by atoms with E-state index in [-0.39, 0.29) is 6.61 Å². The molecule has 0 saturated carbocycles. The molecule has 1 rings (SSSR count). The highest BCUT2D eigenvalue weighted by Crippen LogP contribution is 2.39. The summed E-state index contributed by atoms with van der Waals surface area (Å²) in [7, 11) is 3.42. The number of aliphatic hydroxyl groups is 1. The van der Waals surface area contributed by atoms with E-state index in [1.807, 2.05) is 7.05 Å². The summed E-state index contributed by atoms with van der Waals surface area (Å²) in [5.41, 5.74) is -2.41. The maximum absolute atomic E-state index is 11.3. The minimum Gasteiger partial charge on any atom is -0.481 e. The van der Waals surface area contributed by atoms with Gasteiger partial charge in [0.15, 0.2) is 0 Å². The number of hydrogen-bond donors (Lipinski definition) is 2. The van der Waals surface area contributed by atoms with Crippen molar-refractivity contribution in [2.24, 2.45) is 5.41 Å². The first-order chi connectivity index (χ1) is 7.35. The molecule has 0 aromatic carbocycles. The van der Waals surface area contributed by atoms with Crippen LogP contribution in [-0.2, 0) is 9.53 Å². The summed E-state index contributed by atoms with van der Waals surface area (Å²) in [5, 5.41) is 19.8. The molecular formula is C11H21NO4. The molecule has 1 fully saturated rings. The Morgan fingerprint density at radius 2 is 2.00 bits per heavy atom. The fraction of sp³-hybridized carbons (Fsp3) is 0.909. The molecule has 0 radical (unpaired) electrons. The van der Waals surface area contributed by atoms with Crippen molar-refractivity contribution in [1.29, 1.82) is 0 Å². The number of carboxylic acids is 1. The van der Waals surface area contributed by atoms with Gasteiger partial charge < -0.3 is 19.8 Å². The van der Waals surface area contributed by atoms with Crippen molar-refractivity contribution in [2.45, 2.75) is 25.4 Å². The first kappa shape index (κ1) is 13.4. The van der Waals surface area contributed by atoms with Crippen LogP contribution in [0.15, 0.2) is 0 Å². The Labute approximate surface area is 96.0 Å². The number of ether oxygens (including phenoxy) is 1. The largest absolute Gasteiger partial charge is 0.481 e. The predicted octanol–water partition coefficient (Wildman–Crippen LogP) is 0.180. The molecule has 16 heavy (non-hydrogen) atoms. The first-order valence-electron chi connectivity index (χ1n) is 5.49. The normalized spacial score (nSPS) is 25.0. The van der Waals surface area contributed by atoms with Gasteiger partial charge in [0.2, 0.25) is 0 Å². The highest BCUT2D eigenvalue weighted by atomic mass is 16.5.